The van der Waals surface area contributed by atoms with E-state index in [2.05, 4.69) is 52.1 Å². The van der Waals surface area contributed by atoms with Crippen LogP contribution in [0.5, 0.6) is 0 Å². The molecule has 0 aliphatic carbocycles. The van der Waals surface area contributed by atoms with Gasteiger partial charge in [0.15, 0.2) is 0 Å². The van der Waals surface area contributed by atoms with E-state index in [1.807, 2.05) is 0 Å². The Balaban J connectivity index is 2.28. The minimum Gasteiger partial charge on any atom is -0.330 e. The van der Waals surface area contributed by atoms with Crippen molar-refractivity contribution in [1.29, 1.82) is 0 Å². The van der Waals surface area contributed by atoms with E-state index in [0.717, 1.165) is 18.5 Å². The second-order valence-corrected chi connectivity index (χ2v) is 7.48. The highest BCUT2D eigenvalue weighted by molar-refractivity contribution is 7.09. The summed E-state index contributed by atoms with van der Waals surface area (Å²) in [6, 6.07) is 4.56. The summed E-state index contributed by atoms with van der Waals surface area (Å²) in [5.41, 5.74) is 12.4. The Kier molecular flexibility index (Phi) is 4.84. The monoisotopic (exact) mass is 302 g/mol. The van der Waals surface area contributed by atoms with Gasteiger partial charge in [-0.3, -0.25) is 0 Å². The van der Waals surface area contributed by atoms with E-state index in [-0.39, 0.29) is 5.41 Å². The van der Waals surface area contributed by atoms with Crippen LogP contribution in [0.25, 0.3) is 0 Å². The van der Waals surface area contributed by atoms with E-state index in [0.29, 0.717) is 6.54 Å². The van der Waals surface area contributed by atoms with Crippen molar-refractivity contribution in [2.75, 3.05) is 6.54 Å². The molecule has 114 valence electrons. The highest BCUT2D eigenvalue weighted by Gasteiger charge is 2.26. The van der Waals surface area contributed by atoms with Gasteiger partial charge in [-0.15, -0.1) is 11.3 Å². The molecule has 3 heteroatoms. The first kappa shape index (κ1) is 16.2. The van der Waals surface area contributed by atoms with Crippen molar-refractivity contribution in [2.45, 2.75) is 52.9 Å². The summed E-state index contributed by atoms with van der Waals surface area (Å²) >= 11 is 1.76. The molecular weight excluding hydrogens is 276 g/mol. The predicted octanol–water partition coefficient (Wildman–Crippen LogP) is 4.09. The van der Waals surface area contributed by atoms with Crippen molar-refractivity contribution in [3.05, 3.63) is 50.5 Å². The van der Waals surface area contributed by atoms with Crippen LogP contribution in [-0.4, -0.2) is 11.5 Å². The molecule has 0 atom stereocenters. The normalized spacial score (nSPS) is 11.9. The molecule has 0 fully saturated rings. The van der Waals surface area contributed by atoms with Gasteiger partial charge in [0, 0.05) is 17.2 Å². The molecule has 2 N–H and O–H groups in total. The maximum Gasteiger partial charge on any atom is 0.0987 e. The second-order valence-electron chi connectivity index (χ2n) is 6.62. The number of thiazole rings is 1. The number of nitrogens with zero attached hydrogens (tertiary/aromatic N) is 1. The van der Waals surface area contributed by atoms with Crippen LogP contribution < -0.4 is 5.73 Å². The third-order valence-electron chi connectivity index (χ3n) is 3.99. The molecular formula is C18H26N2S. The molecule has 0 saturated carbocycles. The Labute approximate surface area is 132 Å². The number of hydrogen-bond acceptors (Lipinski definition) is 3. The lowest BCUT2D eigenvalue weighted by molar-refractivity contribution is 0.514. The van der Waals surface area contributed by atoms with Crippen molar-refractivity contribution < 1.29 is 0 Å². The first-order valence-corrected chi connectivity index (χ1v) is 8.43. The average molecular weight is 302 g/mol. The molecule has 1 aromatic heterocycles. The first-order chi connectivity index (χ1) is 9.83. The number of nitrogens with two attached hydrogens (primary N) is 1. The lowest BCUT2D eigenvalue weighted by Crippen LogP contribution is -2.22. The highest BCUT2D eigenvalue weighted by Crippen LogP contribution is 2.32. The number of rotatable bonds is 5. The van der Waals surface area contributed by atoms with Crippen LogP contribution in [0.1, 0.15) is 46.8 Å². The van der Waals surface area contributed by atoms with Gasteiger partial charge in [-0.25, -0.2) is 4.98 Å². The van der Waals surface area contributed by atoms with Crippen LogP contribution in [0.3, 0.4) is 0 Å². The minimum atomic E-state index is 0.0578. The summed E-state index contributed by atoms with van der Waals surface area (Å²) < 4.78 is 0. The van der Waals surface area contributed by atoms with Gasteiger partial charge in [0.2, 0.25) is 0 Å². The van der Waals surface area contributed by atoms with E-state index >= 15 is 0 Å². The third kappa shape index (κ3) is 3.72. The molecule has 0 amide bonds. The number of hydrogen-bond donors (Lipinski definition) is 1. The van der Waals surface area contributed by atoms with Crippen LogP contribution in [0.15, 0.2) is 17.5 Å². The lowest BCUT2D eigenvalue weighted by Gasteiger charge is -2.24. The third-order valence-corrected chi connectivity index (χ3v) is 5.25. The molecule has 2 rings (SSSR count). The number of benzene rings is 1. The van der Waals surface area contributed by atoms with E-state index < -0.39 is 0 Å². The largest absolute Gasteiger partial charge is 0.330 e. The Morgan fingerprint density at radius 2 is 1.76 bits per heavy atom. The molecule has 0 aliphatic rings. The van der Waals surface area contributed by atoms with Gasteiger partial charge in [-0.2, -0.15) is 0 Å². The summed E-state index contributed by atoms with van der Waals surface area (Å²) in [4.78, 5) is 4.78. The maximum absolute atomic E-state index is 5.62. The quantitative estimate of drug-likeness (QED) is 0.903. The predicted molar refractivity (Wildman–Crippen MR) is 92.3 cm³/mol. The van der Waals surface area contributed by atoms with Crippen molar-refractivity contribution >= 4 is 11.3 Å². The van der Waals surface area contributed by atoms with Gasteiger partial charge in [0.05, 0.1) is 10.7 Å². The number of aromatic nitrogens is 1. The molecule has 0 radical (unpaired) electrons. The van der Waals surface area contributed by atoms with Gasteiger partial charge < -0.3 is 5.73 Å². The zero-order valence-electron chi connectivity index (χ0n) is 13.8. The van der Waals surface area contributed by atoms with Crippen molar-refractivity contribution in [3.8, 4) is 0 Å². The maximum atomic E-state index is 5.62. The fourth-order valence-electron chi connectivity index (χ4n) is 2.89. The van der Waals surface area contributed by atoms with Gasteiger partial charge >= 0.3 is 0 Å². The zero-order chi connectivity index (χ0) is 15.6. The number of aryl methyl sites for hydroxylation is 3. The van der Waals surface area contributed by atoms with Gasteiger partial charge in [0.25, 0.3) is 0 Å². The molecule has 0 bridgehead atoms. The van der Waals surface area contributed by atoms with Crippen LogP contribution in [0.4, 0.5) is 0 Å². The molecule has 1 aromatic carbocycles. The van der Waals surface area contributed by atoms with Crippen LogP contribution in [0, 0.1) is 20.8 Å². The van der Waals surface area contributed by atoms with E-state index in [1.54, 1.807) is 11.3 Å². The van der Waals surface area contributed by atoms with E-state index in [4.69, 9.17) is 10.7 Å². The molecule has 1 heterocycles. The minimum absolute atomic E-state index is 0.0578. The van der Waals surface area contributed by atoms with Gasteiger partial charge in [0.1, 0.15) is 0 Å². The smallest absolute Gasteiger partial charge is 0.0987 e. The average Bonchev–Trinajstić information content (AvgIpc) is 2.84. The Bertz CT molecular complexity index is 603. The highest BCUT2D eigenvalue weighted by atomic mass is 32.1. The Hall–Kier alpha value is -1.19. The second kappa shape index (κ2) is 6.29. The Morgan fingerprint density at radius 3 is 2.33 bits per heavy atom. The lowest BCUT2D eigenvalue weighted by atomic mass is 9.82. The molecule has 2 nitrogen and oxygen atoms in total. The summed E-state index contributed by atoms with van der Waals surface area (Å²) in [6.07, 6.45) is 1.90. The zero-order valence-corrected chi connectivity index (χ0v) is 14.6. The molecule has 2 aromatic rings. The van der Waals surface area contributed by atoms with Crippen molar-refractivity contribution in [2.24, 2.45) is 5.73 Å². The fraction of sp³-hybridized carbons (Fsp3) is 0.500. The summed E-state index contributed by atoms with van der Waals surface area (Å²) in [7, 11) is 0. The summed E-state index contributed by atoms with van der Waals surface area (Å²) in [6.45, 7) is 11.8. The standard InChI is InChI=1S/C18H26N2S/c1-12-8-13(2)16(14(3)9-12)10-18(4,5)17-20-15(6-7-19)11-21-17/h8-9,11H,6-7,10,19H2,1-5H3. The SMILES string of the molecule is Cc1cc(C)c(CC(C)(C)c2nc(CCN)cs2)c(C)c1. The molecule has 0 aliphatic heterocycles. The summed E-state index contributed by atoms with van der Waals surface area (Å²) in [5, 5.41) is 3.36. The van der Waals surface area contributed by atoms with E-state index in [9.17, 15) is 0 Å². The molecule has 0 saturated heterocycles. The summed E-state index contributed by atoms with van der Waals surface area (Å²) in [5.74, 6) is 0. The molecule has 21 heavy (non-hydrogen) atoms. The van der Waals surface area contributed by atoms with E-state index in [1.165, 1.54) is 27.3 Å². The van der Waals surface area contributed by atoms with Crippen molar-refractivity contribution in [3.63, 3.8) is 0 Å². The topological polar surface area (TPSA) is 38.9 Å². The van der Waals surface area contributed by atoms with Crippen LogP contribution in [-0.2, 0) is 18.3 Å². The van der Waals surface area contributed by atoms with Crippen LogP contribution in [0.2, 0.25) is 0 Å². The molecule has 0 unspecified atom stereocenters. The first-order valence-electron chi connectivity index (χ1n) is 7.55. The van der Waals surface area contributed by atoms with Gasteiger partial charge in [-0.1, -0.05) is 31.5 Å². The fourth-order valence-corrected chi connectivity index (χ4v) is 3.87. The Morgan fingerprint density at radius 1 is 1.14 bits per heavy atom. The van der Waals surface area contributed by atoms with Crippen molar-refractivity contribution in [1.82, 2.24) is 4.98 Å². The van der Waals surface area contributed by atoms with Gasteiger partial charge in [-0.05, 0) is 50.4 Å². The molecule has 0 spiro atoms. The van der Waals surface area contributed by atoms with Crippen LogP contribution >= 0.6 is 11.3 Å².